The van der Waals surface area contributed by atoms with E-state index in [0.29, 0.717) is 11.4 Å². The minimum atomic E-state index is -3.26. The quantitative estimate of drug-likeness (QED) is 0.737. The monoisotopic (exact) mass is 386 g/mol. The van der Waals surface area contributed by atoms with Gasteiger partial charge in [0.05, 0.1) is 11.0 Å². The van der Waals surface area contributed by atoms with E-state index in [0.717, 1.165) is 30.7 Å². The molecule has 0 N–H and O–H groups in total. The smallest absolute Gasteiger partial charge is 0.175 e. The Bertz CT molecular complexity index is 862. The number of ether oxygens (including phenoxy) is 1. The zero-order valence-corrected chi connectivity index (χ0v) is 17.1. The first-order valence-corrected chi connectivity index (χ1v) is 11.4. The molecule has 1 aliphatic heterocycles. The molecule has 2 aromatic rings. The number of rotatable bonds is 6. The van der Waals surface area contributed by atoms with Gasteiger partial charge in [0, 0.05) is 24.4 Å². The van der Waals surface area contributed by atoms with Crippen LogP contribution in [0.1, 0.15) is 43.9 Å². The summed E-state index contributed by atoms with van der Waals surface area (Å²) in [4.78, 5) is 2.73. The van der Waals surface area contributed by atoms with Crippen LogP contribution in [0.25, 0.3) is 0 Å². The molecule has 0 saturated carbocycles. The molecule has 0 amide bonds. The highest BCUT2D eigenvalue weighted by Gasteiger charge is 2.25. The summed E-state index contributed by atoms with van der Waals surface area (Å²) in [6, 6.07) is 15.9. The maximum absolute atomic E-state index is 12.0. The van der Waals surface area contributed by atoms with Crippen LogP contribution in [-0.2, 0) is 16.4 Å². The number of sulfone groups is 1. The van der Waals surface area contributed by atoms with Gasteiger partial charge in [0.15, 0.2) is 9.84 Å². The van der Waals surface area contributed by atoms with Gasteiger partial charge in [-0.25, -0.2) is 8.42 Å². The van der Waals surface area contributed by atoms with E-state index in [2.05, 4.69) is 35.6 Å². The van der Waals surface area contributed by atoms with Crippen LogP contribution in [0.2, 0.25) is 0 Å². The molecular weight excluding hydrogens is 358 g/mol. The van der Waals surface area contributed by atoms with Crippen LogP contribution >= 0.6 is 0 Å². The third-order valence-electron chi connectivity index (χ3n) is 4.77. The van der Waals surface area contributed by atoms with Gasteiger partial charge in [-0.1, -0.05) is 30.3 Å². The molecule has 4 nitrogen and oxygen atoms in total. The lowest BCUT2D eigenvalue weighted by Gasteiger charge is -2.36. The maximum atomic E-state index is 12.0. The summed E-state index contributed by atoms with van der Waals surface area (Å²) in [5, 5.41) is 0. The predicted molar refractivity (Wildman–Crippen MR) is 108 cm³/mol. The fourth-order valence-electron chi connectivity index (χ4n) is 3.53. The van der Waals surface area contributed by atoms with Crippen LogP contribution in [0.5, 0.6) is 5.75 Å². The van der Waals surface area contributed by atoms with Crippen molar-refractivity contribution in [1.29, 1.82) is 0 Å². The van der Waals surface area contributed by atoms with Crippen LogP contribution in [0.15, 0.2) is 53.4 Å². The van der Waals surface area contributed by atoms with E-state index in [9.17, 15) is 8.42 Å². The first-order valence-electron chi connectivity index (χ1n) is 9.46. The Kier molecular flexibility index (Phi) is 6.22. The van der Waals surface area contributed by atoms with Crippen LogP contribution < -0.4 is 4.74 Å². The third kappa shape index (κ3) is 5.11. The number of nitrogens with zero attached hydrogens (tertiary/aromatic N) is 1. The SMILES string of the molecule is CC(C)Oc1ccc(S(C)(=O)=O)cc1CN1CCC[CH]C1c1ccccc1. The molecule has 1 radical (unpaired) electrons. The van der Waals surface area contributed by atoms with Gasteiger partial charge in [-0.15, -0.1) is 0 Å². The Balaban J connectivity index is 1.93. The number of hydrogen-bond donors (Lipinski definition) is 0. The van der Waals surface area contributed by atoms with Crippen LogP contribution in [-0.4, -0.2) is 32.2 Å². The summed E-state index contributed by atoms with van der Waals surface area (Å²) in [7, 11) is -3.26. The lowest BCUT2D eigenvalue weighted by atomic mass is 9.94. The van der Waals surface area contributed by atoms with Gasteiger partial charge in [-0.05, 0) is 63.4 Å². The first kappa shape index (κ1) is 19.9. The largest absolute Gasteiger partial charge is 0.491 e. The summed E-state index contributed by atoms with van der Waals surface area (Å²) < 4.78 is 30.0. The van der Waals surface area contributed by atoms with Crippen molar-refractivity contribution in [2.45, 2.75) is 50.3 Å². The normalized spacial score (nSPS) is 18.6. The Morgan fingerprint density at radius 2 is 1.89 bits per heavy atom. The molecule has 0 spiro atoms. The molecule has 0 bridgehead atoms. The summed E-state index contributed by atoms with van der Waals surface area (Å²) in [6.45, 7) is 5.59. The fraction of sp³-hybridized carbons (Fsp3) is 0.409. The van der Waals surface area contributed by atoms with Crippen molar-refractivity contribution in [1.82, 2.24) is 4.90 Å². The molecule has 1 saturated heterocycles. The van der Waals surface area contributed by atoms with Crippen molar-refractivity contribution < 1.29 is 13.2 Å². The number of piperidine rings is 1. The van der Waals surface area contributed by atoms with E-state index in [-0.39, 0.29) is 12.1 Å². The van der Waals surface area contributed by atoms with Gasteiger partial charge < -0.3 is 4.74 Å². The van der Waals surface area contributed by atoms with Gasteiger partial charge in [0.1, 0.15) is 5.75 Å². The molecule has 1 fully saturated rings. The zero-order chi connectivity index (χ0) is 19.4. The lowest BCUT2D eigenvalue weighted by molar-refractivity contribution is 0.173. The van der Waals surface area contributed by atoms with E-state index in [1.54, 1.807) is 18.2 Å². The summed E-state index contributed by atoms with van der Waals surface area (Å²) in [6.07, 6.45) is 5.83. The van der Waals surface area contributed by atoms with Crippen molar-refractivity contribution in [3.05, 3.63) is 66.1 Å². The van der Waals surface area contributed by atoms with Crippen molar-refractivity contribution in [2.24, 2.45) is 0 Å². The molecule has 1 unspecified atom stereocenters. The van der Waals surface area contributed by atoms with Crippen LogP contribution in [0.4, 0.5) is 0 Å². The Hall–Kier alpha value is -1.85. The van der Waals surface area contributed by atoms with Crippen molar-refractivity contribution in [2.75, 3.05) is 12.8 Å². The molecule has 0 aliphatic carbocycles. The molecule has 5 heteroatoms. The second kappa shape index (κ2) is 8.44. The minimum Gasteiger partial charge on any atom is -0.491 e. The third-order valence-corrected chi connectivity index (χ3v) is 5.88. The van der Waals surface area contributed by atoms with E-state index in [1.165, 1.54) is 11.8 Å². The van der Waals surface area contributed by atoms with E-state index >= 15 is 0 Å². The molecule has 1 heterocycles. The average molecular weight is 387 g/mol. The van der Waals surface area contributed by atoms with Gasteiger partial charge in [-0.2, -0.15) is 0 Å². The fourth-order valence-corrected chi connectivity index (χ4v) is 4.20. The van der Waals surface area contributed by atoms with Gasteiger partial charge >= 0.3 is 0 Å². The predicted octanol–water partition coefficient (Wildman–Crippen LogP) is 4.42. The van der Waals surface area contributed by atoms with E-state index in [4.69, 9.17) is 4.74 Å². The topological polar surface area (TPSA) is 46.6 Å². The van der Waals surface area contributed by atoms with Crippen molar-refractivity contribution in [3.63, 3.8) is 0 Å². The highest BCUT2D eigenvalue weighted by Crippen LogP contribution is 2.34. The van der Waals surface area contributed by atoms with Gasteiger partial charge in [0.25, 0.3) is 0 Å². The second-order valence-corrected chi connectivity index (χ2v) is 9.43. The summed E-state index contributed by atoms with van der Waals surface area (Å²) in [5.41, 5.74) is 2.19. The minimum absolute atomic E-state index is 0.0330. The molecule has 27 heavy (non-hydrogen) atoms. The average Bonchev–Trinajstić information content (AvgIpc) is 2.63. The summed E-state index contributed by atoms with van der Waals surface area (Å²) >= 11 is 0. The molecule has 3 rings (SSSR count). The van der Waals surface area contributed by atoms with E-state index < -0.39 is 9.84 Å². The number of benzene rings is 2. The molecule has 2 aromatic carbocycles. The number of hydrogen-bond acceptors (Lipinski definition) is 4. The highest BCUT2D eigenvalue weighted by atomic mass is 32.2. The van der Waals surface area contributed by atoms with Crippen LogP contribution in [0.3, 0.4) is 0 Å². The van der Waals surface area contributed by atoms with Crippen molar-refractivity contribution in [3.8, 4) is 5.75 Å². The van der Waals surface area contributed by atoms with Gasteiger partial charge in [0.2, 0.25) is 0 Å². The van der Waals surface area contributed by atoms with Crippen LogP contribution in [0, 0.1) is 6.42 Å². The molecule has 1 aliphatic rings. The summed E-state index contributed by atoms with van der Waals surface area (Å²) in [5.74, 6) is 0.759. The second-order valence-electron chi connectivity index (χ2n) is 7.41. The standard InChI is InChI=1S/C22H28NO3S/c1-17(2)26-22-13-12-20(27(3,24)25)15-19(22)16-23-14-8-7-11-21(23)18-9-5-4-6-10-18/h4-6,9-13,15,17,21H,7-8,14,16H2,1-3H3. The van der Waals surface area contributed by atoms with Gasteiger partial charge in [-0.3, -0.25) is 4.90 Å². The Labute approximate surface area is 163 Å². The molecule has 1 atom stereocenters. The van der Waals surface area contributed by atoms with Crippen molar-refractivity contribution >= 4 is 9.84 Å². The number of likely N-dealkylation sites (tertiary alicyclic amines) is 1. The lowest BCUT2D eigenvalue weighted by Crippen LogP contribution is -2.33. The maximum Gasteiger partial charge on any atom is 0.175 e. The van der Waals surface area contributed by atoms with E-state index in [1.807, 2.05) is 19.9 Å². The zero-order valence-electron chi connectivity index (χ0n) is 16.3. The molecule has 0 aromatic heterocycles. The molecule has 145 valence electrons. The Morgan fingerprint density at radius 1 is 1.15 bits per heavy atom. The molecular formula is C22H28NO3S. The first-order chi connectivity index (χ1) is 12.8. The Morgan fingerprint density at radius 3 is 2.56 bits per heavy atom. The highest BCUT2D eigenvalue weighted by molar-refractivity contribution is 7.90.